The Balaban J connectivity index is 1.78. The molecule has 3 N–H and O–H groups in total. The first kappa shape index (κ1) is 17.5. The van der Waals surface area contributed by atoms with E-state index in [1.165, 1.54) is 0 Å². The average molecular weight is 352 g/mol. The smallest absolute Gasteiger partial charge is 0.328 e. The summed E-state index contributed by atoms with van der Waals surface area (Å²) in [5.41, 5.74) is 0.653. The van der Waals surface area contributed by atoms with Gasteiger partial charge in [-0.25, -0.2) is 4.79 Å². The van der Waals surface area contributed by atoms with Gasteiger partial charge in [0.1, 0.15) is 0 Å². The summed E-state index contributed by atoms with van der Waals surface area (Å²) in [6.45, 7) is 1.99. The van der Waals surface area contributed by atoms with Crippen LogP contribution in [-0.2, 0) is 9.59 Å². The molecule has 0 saturated carbocycles. The van der Waals surface area contributed by atoms with Crippen LogP contribution in [0.15, 0.2) is 48.5 Å². The van der Waals surface area contributed by atoms with Crippen molar-refractivity contribution in [2.75, 3.05) is 0 Å². The van der Waals surface area contributed by atoms with Gasteiger partial charge < -0.3 is 5.11 Å². The fraction of sp³-hybridized carbons (Fsp3) is 0.158. The second-order valence-electron chi connectivity index (χ2n) is 6.14. The van der Waals surface area contributed by atoms with Crippen LogP contribution in [0.1, 0.15) is 22.3 Å². The van der Waals surface area contributed by atoms with E-state index in [0.29, 0.717) is 0 Å². The van der Waals surface area contributed by atoms with Crippen molar-refractivity contribution in [2.24, 2.45) is 0 Å². The van der Waals surface area contributed by atoms with Gasteiger partial charge in [0, 0.05) is 5.56 Å². The zero-order chi connectivity index (χ0) is 18.9. The summed E-state index contributed by atoms with van der Waals surface area (Å²) in [5, 5.41) is 13.8. The summed E-state index contributed by atoms with van der Waals surface area (Å²) in [7, 11) is 0. The number of amides is 4. The molecule has 7 nitrogen and oxygen atoms in total. The third-order valence-electron chi connectivity index (χ3n) is 4.21. The van der Waals surface area contributed by atoms with E-state index in [4.69, 9.17) is 0 Å². The molecule has 2 aromatic rings. The molecule has 132 valence electrons. The maximum atomic E-state index is 12.4. The largest absolute Gasteiger partial charge is 0.371 e. The second kappa shape index (κ2) is 6.53. The Hall–Kier alpha value is -3.32. The molecule has 1 fully saturated rings. The third-order valence-corrected chi connectivity index (χ3v) is 4.21. The van der Waals surface area contributed by atoms with Gasteiger partial charge in [0.2, 0.25) is 5.60 Å². The number of nitrogens with one attached hydrogen (secondary N) is 2. The lowest BCUT2D eigenvalue weighted by Crippen LogP contribution is -2.67. The van der Waals surface area contributed by atoms with Gasteiger partial charge in [0.15, 0.2) is 5.78 Å². The first-order valence-electron chi connectivity index (χ1n) is 7.89. The minimum absolute atomic E-state index is 0.242. The van der Waals surface area contributed by atoms with Crippen molar-refractivity contribution in [1.82, 2.24) is 10.6 Å². The van der Waals surface area contributed by atoms with Crippen LogP contribution in [0, 0.1) is 6.92 Å². The Bertz CT molecular complexity index is 881. The molecule has 26 heavy (non-hydrogen) atoms. The highest BCUT2D eigenvalue weighted by atomic mass is 16.3. The van der Waals surface area contributed by atoms with Crippen LogP contribution in [0.25, 0.3) is 11.1 Å². The van der Waals surface area contributed by atoms with Crippen LogP contribution < -0.4 is 10.6 Å². The van der Waals surface area contributed by atoms with Gasteiger partial charge in [-0.15, -0.1) is 0 Å². The van der Waals surface area contributed by atoms with Gasteiger partial charge >= 0.3 is 6.03 Å². The Labute approximate surface area is 149 Å². The number of hydrogen-bond donors (Lipinski definition) is 3. The highest BCUT2D eigenvalue weighted by Crippen LogP contribution is 2.22. The molecule has 0 bridgehead atoms. The molecule has 1 aliphatic rings. The summed E-state index contributed by atoms with van der Waals surface area (Å²) in [4.78, 5) is 47.0. The highest BCUT2D eigenvalue weighted by Gasteiger charge is 2.50. The summed E-state index contributed by atoms with van der Waals surface area (Å²) in [6.07, 6.45) is -0.762. The first-order chi connectivity index (χ1) is 12.3. The van der Waals surface area contributed by atoms with E-state index in [0.717, 1.165) is 16.7 Å². The summed E-state index contributed by atoms with van der Waals surface area (Å²) in [6, 6.07) is 13.5. The predicted octanol–water partition coefficient (Wildman–Crippen LogP) is 1.33. The molecule has 0 atom stereocenters. The first-order valence-corrected chi connectivity index (χ1v) is 7.89. The molecule has 7 heteroatoms. The van der Waals surface area contributed by atoms with E-state index in [1.54, 1.807) is 34.9 Å². The molecule has 0 radical (unpaired) electrons. The minimum Gasteiger partial charge on any atom is -0.371 e. The van der Waals surface area contributed by atoms with Crippen molar-refractivity contribution < 1.29 is 24.3 Å². The third kappa shape index (κ3) is 3.25. The van der Waals surface area contributed by atoms with Gasteiger partial charge in [0.05, 0.1) is 6.42 Å². The molecule has 0 aliphatic carbocycles. The topological polar surface area (TPSA) is 113 Å². The number of urea groups is 1. The van der Waals surface area contributed by atoms with E-state index in [9.17, 15) is 24.3 Å². The van der Waals surface area contributed by atoms with Crippen LogP contribution in [0.3, 0.4) is 0 Å². The van der Waals surface area contributed by atoms with Crippen LogP contribution in [0.5, 0.6) is 0 Å². The van der Waals surface area contributed by atoms with Crippen molar-refractivity contribution in [2.45, 2.75) is 18.9 Å². The fourth-order valence-electron chi connectivity index (χ4n) is 2.64. The van der Waals surface area contributed by atoms with Crippen LogP contribution in [0.4, 0.5) is 4.79 Å². The molecule has 1 aliphatic heterocycles. The molecule has 3 rings (SSSR count). The van der Waals surface area contributed by atoms with E-state index in [1.807, 2.05) is 31.2 Å². The van der Waals surface area contributed by atoms with E-state index < -0.39 is 35.7 Å². The molecule has 1 heterocycles. The molecule has 0 aromatic heterocycles. The Morgan fingerprint density at radius 1 is 0.885 bits per heavy atom. The zero-order valence-corrected chi connectivity index (χ0v) is 13.9. The van der Waals surface area contributed by atoms with Crippen LogP contribution >= 0.6 is 0 Å². The number of imide groups is 2. The van der Waals surface area contributed by atoms with Crippen molar-refractivity contribution in [3.63, 3.8) is 0 Å². The van der Waals surface area contributed by atoms with Gasteiger partial charge in [-0.3, -0.25) is 25.0 Å². The number of barbiturate groups is 1. The maximum absolute atomic E-state index is 12.4. The Morgan fingerprint density at radius 3 is 1.85 bits per heavy atom. The Kier molecular flexibility index (Phi) is 4.40. The molecule has 1 saturated heterocycles. The molecule has 0 unspecified atom stereocenters. The maximum Gasteiger partial charge on any atom is 0.328 e. The van der Waals surface area contributed by atoms with Crippen LogP contribution in [-0.4, -0.2) is 34.3 Å². The highest BCUT2D eigenvalue weighted by molar-refractivity contribution is 6.23. The monoisotopic (exact) mass is 352 g/mol. The van der Waals surface area contributed by atoms with Gasteiger partial charge in [-0.1, -0.05) is 54.1 Å². The summed E-state index contributed by atoms with van der Waals surface area (Å²) in [5.74, 6) is -3.02. The van der Waals surface area contributed by atoms with E-state index >= 15 is 0 Å². The Morgan fingerprint density at radius 2 is 1.35 bits per heavy atom. The number of rotatable bonds is 4. The number of carbonyl (C=O) groups is 4. The molecule has 4 amide bonds. The zero-order valence-electron chi connectivity index (χ0n) is 13.9. The second-order valence-corrected chi connectivity index (χ2v) is 6.14. The normalized spacial score (nSPS) is 16.0. The summed E-state index contributed by atoms with van der Waals surface area (Å²) < 4.78 is 0. The fourth-order valence-corrected chi connectivity index (χ4v) is 2.64. The minimum atomic E-state index is -2.61. The van der Waals surface area contributed by atoms with E-state index in [2.05, 4.69) is 0 Å². The van der Waals surface area contributed by atoms with Crippen molar-refractivity contribution in [1.29, 1.82) is 0 Å². The lowest BCUT2D eigenvalue weighted by Gasteiger charge is -2.28. The lowest BCUT2D eigenvalue weighted by molar-refractivity contribution is -0.154. The molecular weight excluding hydrogens is 336 g/mol. The van der Waals surface area contributed by atoms with Crippen LogP contribution in [0.2, 0.25) is 0 Å². The standard InChI is InChI=1S/C19H16N2O5/c1-11-2-4-12(5-3-11)13-6-8-14(9-7-13)15(22)10-19(26)16(23)20-18(25)21-17(19)24/h2-9,26H,10H2,1H3,(H2,20,21,23,24,25). The number of hydrogen-bond acceptors (Lipinski definition) is 5. The average Bonchev–Trinajstić information content (AvgIpc) is 2.61. The van der Waals surface area contributed by atoms with Crippen molar-refractivity contribution in [3.05, 3.63) is 59.7 Å². The number of Topliss-reactive ketones (excluding diaryl/α,β-unsaturated/α-hetero) is 1. The quantitative estimate of drug-likeness (QED) is 0.568. The number of ketones is 1. The van der Waals surface area contributed by atoms with Gasteiger partial charge in [-0.2, -0.15) is 0 Å². The number of benzene rings is 2. The number of aryl methyl sites for hydroxylation is 1. The molecular formula is C19H16N2O5. The molecule has 2 aromatic carbocycles. The number of aliphatic hydroxyl groups is 1. The number of carbonyl (C=O) groups excluding carboxylic acids is 4. The summed E-state index contributed by atoms with van der Waals surface area (Å²) >= 11 is 0. The molecule has 0 spiro atoms. The van der Waals surface area contributed by atoms with Gasteiger partial charge in [-0.05, 0) is 18.1 Å². The van der Waals surface area contributed by atoms with Crippen molar-refractivity contribution in [3.8, 4) is 11.1 Å². The lowest BCUT2D eigenvalue weighted by atomic mass is 9.90. The van der Waals surface area contributed by atoms with Gasteiger partial charge in [0.25, 0.3) is 11.8 Å². The SMILES string of the molecule is Cc1ccc(-c2ccc(C(=O)CC3(O)C(=O)NC(=O)NC3=O)cc2)cc1. The van der Waals surface area contributed by atoms with Crippen molar-refractivity contribution >= 4 is 23.6 Å². The predicted molar refractivity (Wildman–Crippen MR) is 92.2 cm³/mol. The van der Waals surface area contributed by atoms with E-state index in [-0.39, 0.29) is 5.56 Å².